The van der Waals surface area contributed by atoms with Crippen molar-refractivity contribution in [3.8, 4) is 0 Å². The topological polar surface area (TPSA) is 92.4 Å². The van der Waals surface area contributed by atoms with Gasteiger partial charge in [-0.3, -0.25) is 4.79 Å². The third-order valence-corrected chi connectivity index (χ3v) is 3.14. The molecule has 1 aromatic heterocycles. The summed E-state index contributed by atoms with van der Waals surface area (Å²) in [6, 6.07) is 6.49. The summed E-state index contributed by atoms with van der Waals surface area (Å²) < 4.78 is 4.97. The monoisotopic (exact) mass is 288 g/mol. The van der Waals surface area contributed by atoms with Crippen molar-refractivity contribution in [2.75, 3.05) is 5.32 Å². The number of nitrogens with zero attached hydrogens (tertiary/aromatic N) is 1. The van der Waals surface area contributed by atoms with Gasteiger partial charge in [-0.2, -0.15) is 0 Å². The molecule has 0 spiro atoms. The van der Waals surface area contributed by atoms with Gasteiger partial charge in [-0.15, -0.1) is 0 Å². The highest BCUT2D eigenvalue weighted by molar-refractivity contribution is 5.92. The van der Waals surface area contributed by atoms with E-state index in [1.54, 1.807) is 26.0 Å². The van der Waals surface area contributed by atoms with E-state index in [-0.39, 0.29) is 11.5 Å². The van der Waals surface area contributed by atoms with Crippen LogP contribution in [0, 0.1) is 13.8 Å². The Hall–Kier alpha value is -2.63. The predicted molar refractivity (Wildman–Crippen MR) is 76.3 cm³/mol. The summed E-state index contributed by atoms with van der Waals surface area (Å²) in [7, 11) is 0. The second-order valence-electron chi connectivity index (χ2n) is 4.75. The average molecular weight is 288 g/mol. The Labute approximate surface area is 121 Å². The molecule has 1 heterocycles. The van der Waals surface area contributed by atoms with Crippen molar-refractivity contribution in [3.05, 3.63) is 46.8 Å². The van der Waals surface area contributed by atoms with Gasteiger partial charge < -0.3 is 14.9 Å². The summed E-state index contributed by atoms with van der Waals surface area (Å²) in [5.41, 5.74) is 2.40. The molecule has 0 fully saturated rings. The van der Waals surface area contributed by atoms with Gasteiger partial charge in [0.2, 0.25) is 5.91 Å². The first-order valence-electron chi connectivity index (χ1n) is 6.52. The highest BCUT2D eigenvalue weighted by Crippen LogP contribution is 2.19. The fourth-order valence-corrected chi connectivity index (χ4v) is 1.94. The molecule has 0 unspecified atom stereocenters. The van der Waals surface area contributed by atoms with Crippen LogP contribution in [0.4, 0.5) is 5.69 Å². The molecule has 2 aromatic rings. The summed E-state index contributed by atoms with van der Waals surface area (Å²) in [5.74, 6) is -0.518. The van der Waals surface area contributed by atoms with Crippen LogP contribution in [-0.4, -0.2) is 22.1 Å². The predicted octanol–water partition coefficient (Wildman–Crippen LogP) is 2.56. The van der Waals surface area contributed by atoms with Crippen LogP contribution in [0.25, 0.3) is 0 Å². The van der Waals surface area contributed by atoms with Crippen LogP contribution in [0.5, 0.6) is 0 Å². The van der Waals surface area contributed by atoms with Crippen molar-refractivity contribution in [2.45, 2.75) is 26.7 Å². The third kappa shape index (κ3) is 3.68. The van der Waals surface area contributed by atoms with Gasteiger partial charge in [0, 0.05) is 6.42 Å². The van der Waals surface area contributed by atoms with Crippen LogP contribution in [0.2, 0.25) is 0 Å². The number of aromatic nitrogens is 1. The van der Waals surface area contributed by atoms with Crippen LogP contribution in [0.1, 0.15) is 33.8 Å². The summed E-state index contributed by atoms with van der Waals surface area (Å²) in [5, 5.41) is 15.3. The maximum absolute atomic E-state index is 11.9. The lowest BCUT2D eigenvalue weighted by Gasteiger charge is -2.05. The van der Waals surface area contributed by atoms with Gasteiger partial charge in [0.15, 0.2) is 5.76 Å². The fourth-order valence-electron chi connectivity index (χ4n) is 1.94. The molecule has 0 aliphatic heterocycles. The molecule has 0 bridgehead atoms. The van der Waals surface area contributed by atoms with E-state index in [4.69, 9.17) is 9.63 Å². The number of rotatable bonds is 5. The van der Waals surface area contributed by atoms with E-state index >= 15 is 0 Å². The quantitative estimate of drug-likeness (QED) is 0.882. The zero-order chi connectivity index (χ0) is 15.4. The van der Waals surface area contributed by atoms with Crippen LogP contribution >= 0.6 is 0 Å². The Morgan fingerprint density at radius 2 is 1.90 bits per heavy atom. The Balaban J connectivity index is 1.91. The van der Waals surface area contributed by atoms with Gasteiger partial charge in [-0.25, -0.2) is 4.79 Å². The average Bonchev–Trinajstić information content (AvgIpc) is 2.77. The molecule has 6 heteroatoms. The Morgan fingerprint density at radius 1 is 1.24 bits per heavy atom. The summed E-state index contributed by atoms with van der Waals surface area (Å²) in [6.45, 7) is 3.50. The second-order valence-corrected chi connectivity index (χ2v) is 4.75. The molecular formula is C15H16N2O4. The van der Waals surface area contributed by atoms with Crippen LogP contribution in [0.15, 0.2) is 28.8 Å². The zero-order valence-corrected chi connectivity index (χ0v) is 11.8. The minimum atomic E-state index is -0.960. The van der Waals surface area contributed by atoms with Gasteiger partial charge in [-0.1, -0.05) is 17.3 Å². The zero-order valence-electron chi connectivity index (χ0n) is 11.8. The maximum atomic E-state index is 11.9. The number of benzene rings is 1. The Morgan fingerprint density at radius 3 is 2.43 bits per heavy atom. The van der Waals surface area contributed by atoms with Gasteiger partial charge in [0.05, 0.1) is 5.56 Å². The number of carboxylic acid groups (broad SMARTS) is 1. The molecule has 1 aromatic carbocycles. The van der Waals surface area contributed by atoms with Gasteiger partial charge in [-0.05, 0) is 38.0 Å². The maximum Gasteiger partial charge on any atom is 0.335 e. The van der Waals surface area contributed by atoms with Gasteiger partial charge >= 0.3 is 5.97 Å². The number of carbonyl (C=O) groups is 2. The van der Waals surface area contributed by atoms with Gasteiger partial charge in [0.1, 0.15) is 11.4 Å². The fraction of sp³-hybridized carbons (Fsp3) is 0.267. The molecule has 21 heavy (non-hydrogen) atoms. The minimum Gasteiger partial charge on any atom is -0.478 e. The lowest BCUT2D eigenvalue weighted by Crippen LogP contribution is -2.13. The summed E-state index contributed by atoms with van der Waals surface area (Å²) in [4.78, 5) is 22.6. The smallest absolute Gasteiger partial charge is 0.335 e. The van der Waals surface area contributed by atoms with E-state index in [2.05, 4.69) is 10.5 Å². The number of anilines is 1. The van der Waals surface area contributed by atoms with Crippen LogP contribution in [-0.2, 0) is 11.2 Å². The number of amides is 1. The summed E-state index contributed by atoms with van der Waals surface area (Å²) >= 11 is 0. The van der Waals surface area contributed by atoms with Crippen molar-refractivity contribution < 1.29 is 19.2 Å². The highest BCUT2D eigenvalue weighted by Gasteiger charge is 2.12. The molecule has 0 atom stereocenters. The Kier molecular flexibility index (Phi) is 4.37. The molecule has 2 rings (SSSR count). The van der Waals surface area contributed by atoms with E-state index in [1.165, 1.54) is 12.1 Å². The largest absolute Gasteiger partial charge is 0.478 e. The van der Waals surface area contributed by atoms with Gasteiger partial charge in [0.25, 0.3) is 0 Å². The number of hydrogen-bond donors (Lipinski definition) is 2. The standard InChI is InChI=1S/C15H16N2O4/c1-9-14(10(2)21-17-9)16-13(18)8-5-11-3-6-12(7-4-11)15(19)20/h3-4,6-7H,5,8H2,1-2H3,(H,16,18)(H,19,20). The SMILES string of the molecule is Cc1noc(C)c1NC(=O)CCc1ccc(C(=O)O)cc1. The third-order valence-electron chi connectivity index (χ3n) is 3.14. The first-order valence-corrected chi connectivity index (χ1v) is 6.52. The molecule has 1 amide bonds. The highest BCUT2D eigenvalue weighted by atomic mass is 16.5. The van der Waals surface area contributed by atoms with Crippen LogP contribution < -0.4 is 5.32 Å². The molecule has 0 saturated heterocycles. The van der Waals surface area contributed by atoms with E-state index in [0.29, 0.717) is 30.0 Å². The number of carbonyl (C=O) groups excluding carboxylic acids is 1. The van der Waals surface area contributed by atoms with Crippen molar-refractivity contribution in [3.63, 3.8) is 0 Å². The number of aryl methyl sites for hydroxylation is 3. The minimum absolute atomic E-state index is 0.133. The Bertz CT molecular complexity index is 639. The number of hydrogen-bond acceptors (Lipinski definition) is 4. The first kappa shape index (κ1) is 14.8. The van der Waals surface area contributed by atoms with E-state index in [1.807, 2.05) is 0 Å². The molecule has 110 valence electrons. The van der Waals surface area contributed by atoms with Crippen molar-refractivity contribution in [1.82, 2.24) is 5.16 Å². The number of nitrogens with one attached hydrogen (secondary N) is 1. The number of carboxylic acids is 1. The summed E-state index contributed by atoms with van der Waals surface area (Å²) in [6.07, 6.45) is 0.839. The van der Waals surface area contributed by atoms with Crippen molar-refractivity contribution in [2.24, 2.45) is 0 Å². The van der Waals surface area contributed by atoms with Crippen molar-refractivity contribution in [1.29, 1.82) is 0 Å². The molecule has 0 radical (unpaired) electrons. The first-order chi connectivity index (χ1) is 9.97. The number of aromatic carboxylic acids is 1. The molecular weight excluding hydrogens is 272 g/mol. The lowest BCUT2D eigenvalue weighted by atomic mass is 10.1. The van der Waals surface area contributed by atoms with E-state index < -0.39 is 5.97 Å². The van der Waals surface area contributed by atoms with Crippen molar-refractivity contribution >= 4 is 17.6 Å². The molecule has 0 saturated carbocycles. The van der Waals surface area contributed by atoms with Crippen LogP contribution in [0.3, 0.4) is 0 Å². The second kappa shape index (κ2) is 6.21. The normalized spacial score (nSPS) is 10.4. The molecule has 0 aliphatic carbocycles. The van der Waals surface area contributed by atoms with E-state index in [0.717, 1.165) is 5.56 Å². The molecule has 2 N–H and O–H groups in total. The lowest BCUT2D eigenvalue weighted by molar-refractivity contribution is -0.116. The van der Waals surface area contributed by atoms with E-state index in [9.17, 15) is 9.59 Å². The molecule has 6 nitrogen and oxygen atoms in total. The molecule has 0 aliphatic rings.